The zero-order valence-electron chi connectivity index (χ0n) is 20.6. The lowest BCUT2D eigenvalue weighted by atomic mass is 10.1. The monoisotopic (exact) mass is 525 g/mol. The number of rotatable bonds is 12. The first-order valence-corrected chi connectivity index (χ1v) is 13.7. The van der Waals surface area contributed by atoms with Gasteiger partial charge in [0.2, 0.25) is 21.8 Å². The highest BCUT2D eigenvalue weighted by molar-refractivity contribution is 7.92. The quantitative estimate of drug-likeness (QED) is 0.448. The molecule has 35 heavy (non-hydrogen) atoms. The summed E-state index contributed by atoms with van der Waals surface area (Å²) in [6, 6.07) is 10.3. The first kappa shape index (κ1) is 28.6. The van der Waals surface area contributed by atoms with E-state index in [0.717, 1.165) is 12.7 Å². The molecule has 0 radical (unpaired) electrons. The minimum atomic E-state index is -3.63. The van der Waals surface area contributed by atoms with Crippen LogP contribution < -0.4 is 9.62 Å². The van der Waals surface area contributed by atoms with Crippen LogP contribution in [-0.4, -0.2) is 50.5 Å². The molecule has 0 aliphatic heterocycles. The Hall–Kier alpha value is -2.65. The number of carbonyl (C=O) groups is 2. The summed E-state index contributed by atoms with van der Waals surface area (Å²) in [6.07, 6.45) is 2.02. The first-order valence-electron chi connectivity index (χ1n) is 11.5. The molecule has 2 aromatic rings. The standard InChI is InChI=1S/C25H33ClFN3O4S/c1-5-15-28-25(32)19(3)29(17-20-10-6-7-12-22(20)27)24(31)14-9-16-30(35(4,33)34)23-13-8-11-21(26)18(23)2/h6-8,10-13,19H,5,9,14-17H2,1-4H3,(H,28,32)/t19-/m0/s1. The van der Waals surface area contributed by atoms with E-state index in [4.69, 9.17) is 11.6 Å². The van der Waals surface area contributed by atoms with Crippen LogP contribution >= 0.6 is 11.6 Å². The maximum absolute atomic E-state index is 14.3. The van der Waals surface area contributed by atoms with Crippen molar-refractivity contribution in [3.8, 4) is 0 Å². The van der Waals surface area contributed by atoms with Gasteiger partial charge < -0.3 is 10.2 Å². The van der Waals surface area contributed by atoms with E-state index in [9.17, 15) is 22.4 Å². The Labute approximate surface area is 212 Å². The fourth-order valence-corrected chi connectivity index (χ4v) is 4.82. The number of carbonyl (C=O) groups excluding carboxylic acids is 2. The molecule has 192 valence electrons. The van der Waals surface area contributed by atoms with E-state index in [-0.39, 0.29) is 37.7 Å². The van der Waals surface area contributed by atoms with Crippen molar-refractivity contribution < 1.29 is 22.4 Å². The molecule has 1 N–H and O–H groups in total. The van der Waals surface area contributed by atoms with Crippen molar-refractivity contribution in [3.63, 3.8) is 0 Å². The van der Waals surface area contributed by atoms with Crippen molar-refractivity contribution in [3.05, 3.63) is 64.4 Å². The van der Waals surface area contributed by atoms with Crippen molar-refractivity contribution in [2.75, 3.05) is 23.7 Å². The molecule has 1 atom stereocenters. The van der Waals surface area contributed by atoms with Gasteiger partial charge >= 0.3 is 0 Å². The average Bonchev–Trinajstić information content (AvgIpc) is 2.80. The van der Waals surface area contributed by atoms with E-state index in [1.54, 1.807) is 50.2 Å². The van der Waals surface area contributed by atoms with Gasteiger partial charge in [0.05, 0.1) is 11.9 Å². The number of nitrogens with one attached hydrogen (secondary N) is 1. The van der Waals surface area contributed by atoms with Gasteiger partial charge in [-0.15, -0.1) is 0 Å². The molecule has 0 aliphatic rings. The maximum atomic E-state index is 14.3. The fraction of sp³-hybridized carbons (Fsp3) is 0.440. The van der Waals surface area contributed by atoms with Gasteiger partial charge in [-0.25, -0.2) is 12.8 Å². The number of halogens is 2. The summed E-state index contributed by atoms with van der Waals surface area (Å²) in [7, 11) is -3.63. The van der Waals surface area contributed by atoms with Gasteiger partial charge in [0.1, 0.15) is 11.9 Å². The number of nitrogens with zero attached hydrogens (tertiary/aromatic N) is 2. The molecular weight excluding hydrogens is 493 g/mol. The van der Waals surface area contributed by atoms with Crippen LogP contribution in [-0.2, 0) is 26.2 Å². The maximum Gasteiger partial charge on any atom is 0.242 e. The molecule has 0 fully saturated rings. The third-order valence-electron chi connectivity index (χ3n) is 5.68. The molecular formula is C25H33ClFN3O4S. The van der Waals surface area contributed by atoms with Crippen LogP contribution in [0.3, 0.4) is 0 Å². The van der Waals surface area contributed by atoms with Crippen LogP contribution in [0, 0.1) is 12.7 Å². The van der Waals surface area contributed by atoms with Crippen LogP contribution in [0.15, 0.2) is 42.5 Å². The Morgan fingerprint density at radius 2 is 1.83 bits per heavy atom. The summed E-state index contributed by atoms with van der Waals surface area (Å²) in [5, 5.41) is 3.21. The third-order valence-corrected chi connectivity index (χ3v) is 7.26. The first-order chi connectivity index (χ1) is 16.5. The average molecular weight is 526 g/mol. The second-order valence-corrected chi connectivity index (χ2v) is 10.7. The van der Waals surface area contributed by atoms with Crippen LogP contribution in [0.4, 0.5) is 10.1 Å². The number of hydrogen-bond donors (Lipinski definition) is 1. The normalized spacial score (nSPS) is 12.2. The van der Waals surface area contributed by atoms with E-state index < -0.39 is 21.9 Å². The van der Waals surface area contributed by atoms with Crippen LogP contribution in [0.2, 0.25) is 5.02 Å². The molecule has 0 aliphatic carbocycles. The Balaban J connectivity index is 2.20. The molecule has 2 rings (SSSR count). The van der Waals surface area contributed by atoms with Gasteiger partial charge in [-0.3, -0.25) is 13.9 Å². The van der Waals surface area contributed by atoms with E-state index in [0.29, 0.717) is 28.4 Å². The lowest BCUT2D eigenvalue weighted by Crippen LogP contribution is -2.48. The molecule has 7 nitrogen and oxygen atoms in total. The number of hydrogen-bond acceptors (Lipinski definition) is 4. The predicted molar refractivity (Wildman–Crippen MR) is 137 cm³/mol. The van der Waals surface area contributed by atoms with E-state index in [1.165, 1.54) is 15.3 Å². The minimum absolute atomic E-state index is 0.0223. The summed E-state index contributed by atoms with van der Waals surface area (Å²) in [5.41, 5.74) is 1.36. The summed E-state index contributed by atoms with van der Waals surface area (Å²) in [4.78, 5) is 27.1. The summed E-state index contributed by atoms with van der Waals surface area (Å²) < 4.78 is 40.5. The zero-order valence-corrected chi connectivity index (χ0v) is 22.1. The van der Waals surface area contributed by atoms with E-state index >= 15 is 0 Å². The van der Waals surface area contributed by atoms with Gasteiger partial charge in [-0.2, -0.15) is 0 Å². The van der Waals surface area contributed by atoms with Crippen molar-refractivity contribution >= 4 is 39.1 Å². The number of benzene rings is 2. The summed E-state index contributed by atoms with van der Waals surface area (Å²) in [6.45, 7) is 5.69. The largest absolute Gasteiger partial charge is 0.354 e. The Morgan fingerprint density at radius 1 is 1.14 bits per heavy atom. The molecule has 2 aromatic carbocycles. The second kappa shape index (κ2) is 12.9. The SMILES string of the molecule is CCCNC(=O)[C@H](C)N(Cc1ccccc1F)C(=O)CCCN(c1cccc(Cl)c1C)S(C)(=O)=O. The molecule has 0 saturated carbocycles. The Kier molecular flexibility index (Phi) is 10.5. The Morgan fingerprint density at radius 3 is 2.46 bits per heavy atom. The van der Waals surface area contributed by atoms with Gasteiger partial charge in [0.15, 0.2) is 0 Å². The van der Waals surface area contributed by atoms with Gasteiger partial charge in [0.25, 0.3) is 0 Å². The van der Waals surface area contributed by atoms with Crippen molar-refractivity contribution in [2.24, 2.45) is 0 Å². The molecule has 0 saturated heterocycles. The third kappa shape index (κ3) is 7.93. The fourth-order valence-electron chi connectivity index (χ4n) is 3.64. The topological polar surface area (TPSA) is 86.8 Å². The second-order valence-electron chi connectivity index (χ2n) is 8.40. The smallest absolute Gasteiger partial charge is 0.242 e. The van der Waals surface area contributed by atoms with E-state index in [2.05, 4.69) is 5.32 Å². The van der Waals surface area contributed by atoms with E-state index in [1.807, 2.05) is 6.92 Å². The van der Waals surface area contributed by atoms with Crippen LogP contribution in [0.25, 0.3) is 0 Å². The number of amides is 2. The van der Waals surface area contributed by atoms with Crippen LogP contribution in [0.5, 0.6) is 0 Å². The highest BCUT2D eigenvalue weighted by atomic mass is 35.5. The minimum Gasteiger partial charge on any atom is -0.354 e. The summed E-state index contributed by atoms with van der Waals surface area (Å²) in [5.74, 6) is -1.17. The van der Waals surface area contributed by atoms with Gasteiger partial charge in [0, 0.05) is 36.6 Å². The predicted octanol–water partition coefficient (Wildman–Crippen LogP) is 4.28. The van der Waals surface area contributed by atoms with Crippen molar-refractivity contribution in [1.82, 2.24) is 10.2 Å². The van der Waals surface area contributed by atoms with Crippen molar-refractivity contribution in [1.29, 1.82) is 0 Å². The van der Waals surface area contributed by atoms with Crippen molar-refractivity contribution in [2.45, 2.75) is 52.6 Å². The number of anilines is 1. The van der Waals surface area contributed by atoms with Crippen LogP contribution in [0.1, 0.15) is 44.2 Å². The van der Waals surface area contributed by atoms with Gasteiger partial charge in [-0.05, 0) is 50.5 Å². The molecule has 0 spiro atoms. The zero-order chi connectivity index (χ0) is 26.2. The molecule has 2 amide bonds. The highest BCUT2D eigenvalue weighted by Gasteiger charge is 2.27. The molecule has 0 aromatic heterocycles. The molecule has 10 heteroatoms. The Bertz CT molecular complexity index is 1140. The molecule has 0 unspecified atom stereocenters. The summed E-state index contributed by atoms with van der Waals surface area (Å²) >= 11 is 6.17. The van der Waals surface area contributed by atoms with Gasteiger partial charge in [-0.1, -0.05) is 42.8 Å². The molecule has 0 bridgehead atoms. The number of sulfonamides is 1. The lowest BCUT2D eigenvalue weighted by Gasteiger charge is -2.29. The molecule has 0 heterocycles. The highest BCUT2D eigenvalue weighted by Crippen LogP contribution is 2.28. The lowest BCUT2D eigenvalue weighted by molar-refractivity contribution is -0.140.